The van der Waals surface area contributed by atoms with Crippen LogP contribution in [0.4, 0.5) is 0 Å². The molecule has 0 aliphatic heterocycles. The molecule has 2 heteroatoms. The van der Waals surface area contributed by atoms with E-state index in [-0.39, 0.29) is 23.5 Å². The van der Waals surface area contributed by atoms with Crippen molar-refractivity contribution in [3.8, 4) is 0 Å². The molecule has 8 atom stereocenters. The maximum absolute atomic E-state index is 10.2. The number of allylic oxidation sites excluding steroid dienone is 1. The fourth-order valence-corrected chi connectivity index (χ4v) is 8.67. The van der Waals surface area contributed by atoms with Crippen LogP contribution in [-0.2, 0) is 17.4 Å². The quantitative estimate of drug-likeness (QED) is 0.444. The second kappa shape index (κ2) is 9.00. The Labute approximate surface area is 191 Å². The average Bonchev–Trinajstić information content (AvgIpc) is 2.99. The third-order valence-corrected chi connectivity index (χ3v) is 10.3. The molecule has 0 aromatic carbocycles. The summed E-state index contributed by atoms with van der Waals surface area (Å²) in [4.78, 5) is 0. The van der Waals surface area contributed by atoms with E-state index in [9.17, 15) is 5.11 Å². The second-order valence-corrected chi connectivity index (χ2v) is 12.2. The summed E-state index contributed by atoms with van der Waals surface area (Å²) in [5.74, 6) is 5.46. The Morgan fingerprint density at radius 2 is 1.76 bits per heavy atom. The van der Waals surface area contributed by atoms with Crippen LogP contribution in [0.2, 0.25) is 0 Å². The van der Waals surface area contributed by atoms with Crippen molar-refractivity contribution in [1.82, 2.24) is 0 Å². The van der Waals surface area contributed by atoms with E-state index in [1.807, 2.05) is 0 Å². The maximum atomic E-state index is 10.2. The van der Waals surface area contributed by atoms with Gasteiger partial charge in [-0.25, -0.2) is 0 Å². The van der Waals surface area contributed by atoms with Crippen LogP contribution in [0.3, 0.4) is 0 Å². The molecule has 4 aliphatic carbocycles. The average molecular weight is 439 g/mol. The van der Waals surface area contributed by atoms with Crippen LogP contribution in [0, 0.1) is 46.3 Å². The minimum absolute atomic E-state index is 0. The van der Waals surface area contributed by atoms with Gasteiger partial charge in [0.25, 0.3) is 0 Å². The van der Waals surface area contributed by atoms with Crippen molar-refractivity contribution in [3.63, 3.8) is 0 Å². The first kappa shape index (κ1) is 23.9. The van der Waals surface area contributed by atoms with Crippen LogP contribution in [0.5, 0.6) is 0 Å². The van der Waals surface area contributed by atoms with Gasteiger partial charge < -0.3 is 5.11 Å². The number of aliphatic hydroxyl groups excluding tert-OH is 1. The predicted octanol–water partition coefficient (Wildman–Crippen LogP) is 7.39. The zero-order valence-corrected chi connectivity index (χ0v) is 21.0. The van der Waals surface area contributed by atoms with Crippen molar-refractivity contribution >= 4 is 0 Å². The van der Waals surface area contributed by atoms with E-state index in [0.717, 1.165) is 48.3 Å². The van der Waals surface area contributed by atoms with Crippen molar-refractivity contribution < 1.29 is 22.5 Å². The minimum atomic E-state index is -0.0766. The molecular formula is C27H46CrO. The first-order chi connectivity index (χ1) is 13.3. The van der Waals surface area contributed by atoms with E-state index < -0.39 is 0 Å². The normalized spacial score (nSPS) is 44.9. The third kappa shape index (κ3) is 4.17. The summed E-state index contributed by atoms with van der Waals surface area (Å²) < 4.78 is 0. The summed E-state index contributed by atoms with van der Waals surface area (Å²) in [6.07, 6.45) is 17.2. The zero-order chi connectivity index (χ0) is 20.1. The molecule has 0 aromatic rings. The number of aliphatic hydroxyl groups is 1. The summed E-state index contributed by atoms with van der Waals surface area (Å²) in [7, 11) is 0. The van der Waals surface area contributed by atoms with E-state index in [4.69, 9.17) is 0 Å². The molecule has 29 heavy (non-hydrogen) atoms. The standard InChI is InChI=1S/C27H46O.Cr/c1-18(2)7-6-8-19(3)23-11-12-24-22-10-9-20-17-21(28)13-15-26(20,4)25(22)14-16-27(23,24)5;/h9,18-19,21-25,28H,6-8,10-17H2,1-5H3;/t19-,21+,22+,23-,24+,25+,26+,27-;/m1./s1. The molecule has 0 radical (unpaired) electrons. The van der Waals surface area contributed by atoms with Gasteiger partial charge in [0.15, 0.2) is 0 Å². The van der Waals surface area contributed by atoms with Crippen molar-refractivity contribution in [2.45, 2.75) is 111 Å². The van der Waals surface area contributed by atoms with Gasteiger partial charge in [-0.15, -0.1) is 0 Å². The summed E-state index contributed by atoms with van der Waals surface area (Å²) in [6, 6.07) is 0. The molecule has 3 fully saturated rings. The largest absolute Gasteiger partial charge is 0.393 e. The first-order valence-corrected chi connectivity index (χ1v) is 12.6. The van der Waals surface area contributed by atoms with Gasteiger partial charge >= 0.3 is 0 Å². The fraction of sp³-hybridized carbons (Fsp3) is 0.926. The number of fused-ring (bicyclic) bond motifs is 5. The molecule has 1 N–H and O–H groups in total. The van der Waals surface area contributed by atoms with Gasteiger partial charge in [-0.05, 0) is 97.7 Å². The Bertz CT molecular complexity index is 597. The van der Waals surface area contributed by atoms with Crippen molar-refractivity contribution in [3.05, 3.63) is 11.6 Å². The third-order valence-electron chi connectivity index (χ3n) is 10.3. The van der Waals surface area contributed by atoms with Crippen molar-refractivity contribution in [2.75, 3.05) is 0 Å². The van der Waals surface area contributed by atoms with E-state index >= 15 is 0 Å². The molecule has 0 spiro atoms. The summed E-state index contributed by atoms with van der Waals surface area (Å²) >= 11 is 0. The summed E-state index contributed by atoms with van der Waals surface area (Å²) in [5, 5.41) is 10.2. The Hall–Kier alpha value is 0.232. The second-order valence-electron chi connectivity index (χ2n) is 12.2. The molecule has 0 aromatic heterocycles. The molecule has 0 heterocycles. The molecule has 4 aliphatic rings. The van der Waals surface area contributed by atoms with E-state index in [2.05, 4.69) is 40.7 Å². The van der Waals surface area contributed by atoms with Crippen LogP contribution in [0.15, 0.2) is 11.6 Å². The molecule has 0 saturated heterocycles. The smallest absolute Gasteiger partial charge is 0.0577 e. The zero-order valence-electron chi connectivity index (χ0n) is 19.8. The van der Waals surface area contributed by atoms with Crippen LogP contribution in [0.1, 0.15) is 105 Å². The maximum Gasteiger partial charge on any atom is 0.0577 e. The van der Waals surface area contributed by atoms with Crippen LogP contribution < -0.4 is 0 Å². The molecule has 0 amide bonds. The molecule has 4 rings (SSSR count). The first-order valence-electron chi connectivity index (χ1n) is 12.6. The molecule has 166 valence electrons. The number of hydrogen-bond acceptors (Lipinski definition) is 1. The van der Waals surface area contributed by atoms with Gasteiger partial charge in [-0.2, -0.15) is 0 Å². The van der Waals surface area contributed by atoms with Crippen molar-refractivity contribution in [1.29, 1.82) is 0 Å². The molecular weight excluding hydrogens is 392 g/mol. The van der Waals surface area contributed by atoms with Gasteiger partial charge in [0.2, 0.25) is 0 Å². The van der Waals surface area contributed by atoms with E-state index in [1.165, 1.54) is 57.8 Å². The number of rotatable bonds is 5. The Balaban J connectivity index is 0.00000240. The topological polar surface area (TPSA) is 20.2 Å². The molecule has 0 unspecified atom stereocenters. The SMILES string of the molecule is CC(C)CCC[C@@H](C)[C@H]1CC[C@H]2[C@@H]3CC=C4C[C@@H](O)CC[C@]4(C)[C@H]3CC[C@]12C.[Cr]. The van der Waals surface area contributed by atoms with Gasteiger partial charge in [0, 0.05) is 17.4 Å². The van der Waals surface area contributed by atoms with Gasteiger partial charge in [-0.1, -0.05) is 65.5 Å². The van der Waals surface area contributed by atoms with Crippen LogP contribution in [-0.4, -0.2) is 11.2 Å². The van der Waals surface area contributed by atoms with E-state index in [0.29, 0.717) is 10.8 Å². The van der Waals surface area contributed by atoms with E-state index in [1.54, 1.807) is 5.57 Å². The van der Waals surface area contributed by atoms with Crippen LogP contribution >= 0.6 is 0 Å². The van der Waals surface area contributed by atoms with Gasteiger partial charge in [0.05, 0.1) is 6.10 Å². The minimum Gasteiger partial charge on any atom is -0.393 e. The summed E-state index contributed by atoms with van der Waals surface area (Å²) in [5.41, 5.74) is 2.60. The fourth-order valence-electron chi connectivity index (χ4n) is 8.67. The van der Waals surface area contributed by atoms with Gasteiger partial charge in [0.1, 0.15) is 0 Å². The van der Waals surface area contributed by atoms with Crippen LogP contribution in [0.25, 0.3) is 0 Å². The summed E-state index contributed by atoms with van der Waals surface area (Å²) in [6.45, 7) is 12.6. The monoisotopic (exact) mass is 438 g/mol. The molecule has 3 saturated carbocycles. The Morgan fingerprint density at radius 3 is 2.48 bits per heavy atom. The Kier molecular flexibility index (Phi) is 7.41. The number of hydrogen-bond donors (Lipinski definition) is 1. The van der Waals surface area contributed by atoms with Gasteiger partial charge in [-0.3, -0.25) is 0 Å². The van der Waals surface area contributed by atoms with Crippen molar-refractivity contribution in [2.24, 2.45) is 46.3 Å². The molecule has 0 bridgehead atoms. The molecule has 1 nitrogen and oxygen atoms in total. The Morgan fingerprint density at radius 1 is 1.00 bits per heavy atom. The predicted molar refractivity (Wildman–Crippen MR) is 119 cm³/mol.